The number of carbonyl (C=O) groups excluding carboxylic acids is 2. The largest absolute Gasteiger partial charge is 0.465 e. The third kappa shape index (κ3) is 5.10. The molecule has 3 aromatic rings. The quantitative estimate of drug-likeness (QED) is 0.398. The number of thiazole rings is 1. The van der Waals surface area contributed by atoms with Gasteiger partial charge in [-0.05, 0) is 25.8 Å². The van der Waals surface area contributed by atoms with Crippen LogP contribution in [0.4, 0.5) is 0 Å². The molecular weight excluding hydrogens is 440 g/mol. The molecule has 0 N–H and O–H groups in total. The highest BCUT2D eigenvalue weighted by atomic mass is 32.1. The Balaban J connectivity index is 1.32. The summed E-state index contributed by atoms with van der Waals surface area (Å²) in [5.74, 6) is 0.0373. The van der Waals surface area contributed by atoms with Crippen LogP contribution in [-0.2, 0) is 16.1 Å². The van der Waals surface area contributed by atoms with Crippen molar-refractivity contribution in [3.05, 3.63) is 46.0 Å². The second-order valence-corrected chi connectivity index (χ2v) is 15.9. The van der Waals surface area contributed by atoms with Gasteiger partial charge < -0.3 is 9.64 Å². The van der Waals surface area contributed by atoms with Crippen molar-refractivity contribution in [2.24, 2.45) is 0 Å². The summed E-state index contributed by atoms with van der Waals surface area (Å²) in [6.45, 7) is 10.1. The minimum atomic E-state index is -1.45. The second kappa shape index (κ2) is 9.15. The lowest BCUT2D eigenvalue weighted by Gasteiger charge is -2.31. The zero-order chi connectivity index (χ0) is 22.9. The molecular formula is C23H30N4O3SSi. The summed E-state index contributed by atoms with van der Waals surface area (Å²) in [5, 5.41) is 8.42. The number of hydrogen-bond acceptors (Lipinski definition) is 6. The topological polar surface area (TPSA) is 77.3 Å². The predicted molar refractivity (Wildman–Crippen MR) is 129 cm³/mol. The number of nitrogens with zero attached hydrogens (tertiary/aromatic N) is 4. The first-order chi connectivity index (χ1) is 15.2. The molecule has 4 rings (SSSR count). The summed E-state index contributed by atoms with van der Waals surface area (Å²) < 4.78 is 7.24. The first kappa shape index (κ1) is 22.7. The summed E-state index contributed by atoms with van der Waals surface area (Å²) >= 11 is 1.52. The Morgan fingerprint density at radius 2 is 1.91 bits per heavy atom. The molecule has 1 amide bonds. The van der Waals surface area contributed by atoms with E-state index in [0.717, 1.165) is 34.4 Å². The molecule has 9 heteroatoms. The number of aryl methyl sites for hydroxylation is 1. The molecule has 0 saturated carbocycles. The van der Waals surface area contributed by atoms with Gasteiger partial charge in [-0.15, -0.1) is 11.3 Å². The van der Waals surface area contributed by atoms with Crippen molar-refractivity contribution in [2.75, 3.05) is 19.3 Å². The number of aromatic nitrogens is 3. The van der Waals surface area contributed by atoms with E-state index in [-0.39, 0.29) is 24.3 Å². The average molecular weight is 471 g/mol. The Kier molecular flexibility index (Phi) is 6.48. The number of piperidine rings is 1. The van der Waals surface area contributed by atoms with Gasteiger partial charge in [-0.1, -0.05) is 37.8 Å². The van der Waals surface area contributed by atoms with Crippen LogP contribution in [0.1, 0.15) is 39.9 Å². The van der Waals surface area contributed by atoms with Crippen LogP contribution in [0.3, 0.4) is 0 Å². The van der Waals surface area contributed by atoms with E-state index in [9.17, 15) is 9.59 Å². The van der Waals surface area contributed by atoms with Crippen LogP contribution >= 0.6 is 11.3 Å². The molecule has 0 atom stereocenters. The molecule has 7 nitrogen and oxygen atoms in total. The van der Waals surface area contributed by atoms with Gasteiger partial charge >= 0.3 is 5.97 Å². The molecule has 1 aliphatic rings. The summed E-state index contributed by atoms with van der Waals surface area (Å²) in [4.78, 5) is 31.6. The molecule has 0 radical (unpaired) electrons. The van der Waals surface area contributed by atoms with Crippen molar-refractivity contribution in [2.45, 2.75) is 51.9 Å². The van der Waals surface area contributed by atoms with Crippen molar-refractivity contribution in [1.82, 2.24) is 19.7 Å². The van der Waals surface area contributed by atoms with E-state index in [0.29, 0.717) is 25.0 Å². The van der Waals surface area contributed by atoms with Crippen LogP contribution in [0, 0.1) is 6.92 Å². The van der Waals surface area contributed by atoms with Crippen molar-refractivity contribution < 1.29 is 14.3 Å². The third-order valence-corrected chi connectivity index (χ3v) is 7.78. The maximum absolute atomic E-state index is 12.9. The van der Waals surface area contributed by atoms with Gasteiger partial charge in [0.1, 0.15) is 6.54 Å². The van der Waals surface area contributed by atoms with Gasteiger partial charge in [-0.2, -0.15) is 5.10 Å². The van der Waals surface area contributed by atoms with Crippen molar-refractivity contribution in [3.63, 3.8) is 0 Å². The average Bonchev–Trinajstić information content (AvgIpc) is 3.38. The lowest BCUT2D eigenvalue weighted by molar-refractivity contribution is -0.133. The van der Waals surface area contributed by atoms with Crippen molar-refractivity contribution >= 4 is 42.2 Å². The fraction of sp³-hybridized carbons (Fsp3) is 0.478. The van der Waals surface area contributed by atoms with Crippen LogP contribution in [0.5, 0.6) is 0 Å². The number of hydrogen-bond donors (Lipinski definition) is 0. The molecule has 1 aliphatic heterocycles. The van der Waals surface area contributed by atoms with Crippen LogP contribution in [0.2, 0.25) is 19.6 Å². The fourth-order valence-corrected chi connectivity index (χ4v) is 5.42. The molecule has 1 saturated heterocycles. The Labute approximate surface area is 193 Å². The van der Waals surface area contributed by atoms with E-state index in [2.05, 4.69) is 29.7 Å². The number of ether oxygens (including phenoxy) is 1. The van der Waals surface area contributed by atoms with E-state index in [1.165, 1.54) is 11.3 Å². The van der Waals surface area contributed by atoms with Gasteiger partial charge in [-0.25, -0.2) is 9.78 Å². The molecule has 0 bridgehead atoms. The molecule has 0 aliphatic carbocycles. The minimum absolute atomic E-state index is 0.0918. The normalized spacial score (nSPS) is 15.3. The van der Waals surface area contributed by atoms with E-state index in [1.54, 1.807) is 10.1 Å². The molecule has 1 fully saturated rings. The van der Waals surface area contributed by atoms with Crippen LogP contribution in [0.15, 0.2) is 29.6 Å². The Morgan fingerprint density at radius 3 is 2.59 bits per heavy atom. The minimum Gasteiger partial charge on any atom is -0.465 e. The van der Waals surface area contributed by atoms with Gasteiger partial charge in [0, 0.05) is 35.5 Å². The van der Waals surface area contributed by atoms with E-state index in [4.69, 9.17) is 4.74 Å². The zero-order valence-corrected chi connectivity index (χ0v) is 20.9. The van der Waals surface area contributed by atoms with E-state index in [1.807, 2.05) is 36.1 Å². The fourth-order valence-electron chi connectivity index (χ4n) is 3.89. The van der Waals surface area contributed by atoms with E-state index < -0.39 is 8.07 Å². The first-order valence-electron chi connectivity index (χ1n) is 11.0. The molecule has 1 aromatic carbocycles. The number of fused-ring (bicyclic) bond motifs is 1. The standard InChI is InChI=1S/C23H30N4O3SSi/c1-16-18-7-5-6-8-19(18)25-27(16)13-21(28)26-11-9-17(10-12-26)22-24-20(14-31-22)23(29)30-15-32(2,3)4/h5-8,14,17H,9-13,15H2,1-4H3. The molecule has 170 valence electrons. The summed E-state index contributed by atoms with van der Waals surface area (Å²) in [5.41, 5.74) is 2.34. The number of likely N-dealkylation sites (tertiary alicyclic amines) is 1. The van der Waals surface area contributed by atoms with Gasteiger partial charge in [0.25, 0.3) is 0 Å². The number of benzene rings is 1. The Morgan fingerprint density at radius 1 is 1.19 bits per heavy atom. The van der Waals surface area contributed by atoms with E-state index >= 15 is 0 Å². The van der Waals surface area contributed by atoms with Crippen LogP contribution < -0.4 is 0 Å². The highest BCUT2D eigenvalue weighted by molar-refractivity contribution is 7.09. The van der Waals surface area contributed by atoms with Crippen LogP contribution in [-0.4, -0.2) is 58.9 Å². The van der Waals surface area contributed by atoms with Gasteiger partial charge in [0.05, 0.1) is 24.8 Å². The number of carbonyl (C=O) groups is 2. The van der Waals surface area contributed by atoms with Crippen molar-refractivity contribution in [1.29, 1.82) is 0 Å². The lowest BCUT2D eigenvalue weighted by Crippen LogP contribution is -2.40. The number of amides is 1. The van der Waals surface area contributed by atoms with Crippen LogP contribution in [0.25, 0.3) is 10.9 Å². The Bertz CT molecular complexity index is 1130. The van der Waals surface area contributed by atoms with Crippen molar-refractivity contribution in [3.8, 4) is 0 Å². The zero-order valence-electron chi connectivity index (χ0n) is 19.1. The number of rotatable bonds is 6. The maximum atomic E-state index is 12.9. The molecule has 0 spiro atoms. The predicted octanol–water partition coefficient (Wildman–Crippen LogP) is 4.24. The van der Waals surface area contributed by atoms with Gasteiger partial charge in [-0.3, -0.25) is 9.48 Å². The van der Waals surface area contributed by atoms with Gasteiger partial charge in [0.2, 0.25) is 5.91 Å². The molecule has 2 aromatic heterocycles. The Hall–Kier alpha value is -2.52. The highest BCUT2D eigenvalue weighted by Gasteiger charge is 2.27. The smallest absolute Gasteiger partial charge is 0.357 e. The molecule has 32 heavy (non-hydrogen) atoms. The molecule has 3 heterocycles. The summed E-state index contributed by atoms with van der Waals surface area (Å²) in [6, 6.07) is 7.96. The summed E-state index contributed by atoms with van der Waals surface area (Å²) in [6.07, 6.45) is 2.20. The second-order valence-electron chi connectivity index (χ2n) is 9.62. The van der Waals surface area contributed by atoms with Gasteiger partial charge in [0.15, 0.2) is 5.69 Å². The first-order valence-corrected chi connectivity index (χ1v) is 15.6. The third-order valence-electron chi connectivity index (χ3n) is 5.76. The maximum Gasteiger partial charge on any atom is 0.357 e. The monoisotopic (exact) mass is 470 g/mol. The highest BCUT2D eigenvalue weighted by Crippen LogP contribution is 2.30. The summed E-state index contributed by atoms with van der Waals surface area (Å²) in [7, 11) is -1.45. The lowest BCUT2D eigenvalue weighted by atomic mass is 9.97. The SMILES string of the molecule is Cc1c2ccccc2nn1CC(=O)N1CCC(c2nc(C(=O)OC[Si](C)(C)C)cs2)CC1. The number of esters is 1. The molecule has 0 unspecified atom stereocenters.